The fourth-order valence-corrected chi connectivity index (χ4v) is 0.117. The van der Waals surface area contributed by atoms with E-state index in [1.165, 1.54) is 6.92 Å². The Morgan fingerprint density at radius 2 is 2.00 bits per heavy atom. The summed E-state index contributed by atoms with van der Waals surface area (Å²) in [6.07, 6.45) is 1.10. The molecule has 0 heterocycles. The van der Waals surface area contributed by atoms with Gasteiger partial charge in [0.25, 0.3) is 0 Å². The van der Waals surface area contributed by atoms with E-state index in [0.717, 1.165) is 6.26 Å². The second kappa shape index (κ2) is 8.03. The van der Waals surface area contributed by atoms with Crippen molar-refractivity contribution in [2.45, 2.75) is 6.92 Å². The van der Waals surface area contributed by atoms with Crippen LogP contribution in [0.3, 0.4) is 0 Å². The van der Waals surface area contributed by atoms with Gasteiger partial charge in [0.15, 0.2) is 0 Å². The monoisotopic (exact) mass is 164 g/mol. The second-order valence-electron chi connectivity index (χ2n) is 1.06. The minimum Gasteiger partial charge on any atom is -0.473 e. The number of hydrogen-bond donors (Lipinski definition) is 2. The average molecular weight is 164 g/mol. The molecule has 1 N–H and O–H groups in total. The zero-order chi connectivity index (χ0) is 8.57. The molecule has 0 aromatic heterocycles. The highest BCUT2D eigenvalue weighted by atomic mass is 32.1. The summed E-state index contributed by atoms with van der Waals surface area (Å²) in [6.45, 7) is 4.48. The molecule has 0 bridgehead atoms. The van der Waals surface area contributed by atoms with Gasteiger partial charge in [0.05, 0.1) is 6.26 Å². The molecule has 0 spiro atoms. The maximum atomic E-state index is 9.75. The van der Waals surface area contributed by atoms with E-state index in [0.29, 0.717) is 0 Å². The summed E-state index contributed by atoms with van der Waals surface area (Å²) >= 11 is 2.88. The predicted octanol–water partition coefficient (Wildman–Crippen LogP) is 1.29. The van der Waals surface area contributed by atoms with Gasteiger partial charge in [-0.2, -0.15) is 0 Å². The van der Waals surface area contributed by atoms with Crippen molar-refractivity contribution in [1.29, 1.82) is 0 Å². The highest BCUT2D eigenvalue weighted by Crippen LogP contribution is 1.70. The fraction of sp³-hybridized carbons (Fsp3) is 0.200. The Labute approximate surface area is 63.9 Å². The minimum absolute atomic E-state index is 0.329. The van der Waals surface area contributed by atoms with Crippen molar-refractivity contribution in [3.05, 3.63) is 12.8 Å². The molecule has 4 nitrogen and oxygen atoms in total. The minimum atomic E-state index is -1.14. The predicted molar refractivity (Wildman–Crippen MR) is 39.0 cm³/mol. The molecule has 58 valence electrons. The molecule has 0 rings (SSSR count). The van der Waals surface area contributed by atoms with Crippen molar-refractivity contribution < 1.29 is 19.4 Å². The first-order valence-corrected chi connectivity index (χ1v) is 2.65. The normalized spacial score (nSPS) is 6.60. The summed E-state index contributed by atoms with van der Waals surface area (Å²) in [7, 11) is 0. The van der Waals surface area contributed by atoms with E-state index in [-0.39, 0.29) is 5.97 Å². The number of thiol groups is 1. The van der Waals surface area contributed by atoms with Crippen LogP contribution in [0.25, 0.3) is 0 Å². The average Bonchev–Trinajstić information content (AvgIpc) is 1.62. The van der Waals surface area contributed by atoms with Gasteiger partial charge in [-0.15, -0.1) is 0 Å². The molecule has 0 fully saturated rings. The summed E-state index contributed by atoms with van der Waals surface area (Å²) in [5.74, 6) is -0.329. The molecule has 0 aromatic rings. The number of hydrogen-bond acceptors (Lipinski definition) is 3. The largest absolute Gasteiger partial charge is 0.473 e. The van der Waals surface area contributed by atoms with Crippen LogP contribution in [-0.2, 0) is 9.53 Å². The number of ether oxygens (including phenoxy) is 1. The summed E-state index contributed by atoms with van der Waals surface area (Å²) in [5.41, 5.74) is 0. The summed E-state index contributed by atoms with van der Waals surface area (Å²) in [5, 5.41) is 6.14. The van der Waals surface area contributed by atoms with Crippen LogP contribution in [0.1, 0.15) is 6.92 Å². The highest BCUT2D eigenvalue weighted by molar-refractivity contribution is 7.96. The lowest BCUT2D eigenvalue weighted by Crippen LogP contribution is -1.87. The van der Waals surface area contributed by atoms with Crippen molar-refractivity contribution >= 4 is 23.9 Å². The first kappa shape index (κ1) is 11.8. The molecule has 0 unspecified atom stereocenters. The number of esters is 1. The molecule has 10 heavy (non-hydrogen) atoms. The molecular weight excluding hydrogens is 156 g/mol. The lowest BCUT2D eigenvalue weighted by Gasteiger charge is -1.83. The summed E-state index contributed by atoms with van der Waals surface area (Å²) in [6, 6.07) is 0. The van der Waals surface area contributed by atoms with E-state index in [2.05, 4.69) is 23.9 Å². The van der Waals surface area contributed by atoms with Gasteiger partial charge < -0.3 is 9.84 Å². The van der Waals surface area contributed by atoms with Gasteiger partial charge in [-0.1, -0.05) is 19.2 Å². The first-order valence-electron chi connectivity index (χ1n) is 2.20. The molecule has 0 aromatic carbocycles. The van der Waals surface area contributed by atoms with Crippen LogP contribution in [0, 0.1) is 0 Å². The first-order chi connectivity index (χ1) is 4.50. The molecule has 0 aliphatic carbocycles. The van der Waals surface area contributed by atoms with E-state index >= 15 is 0 Å². The molecule has 0 radical (unpaired) electrons. The van der Waals surface area contributed by atoms with Crippen LogP contribution in [0.5, 0.6) is 0 Å². The van der Waals surface area contributed by atoms with E-state index in [4.69, 9.17) is 9.90 Å². The Hall–Kier alpha value is -0.970. The van der Waals surface area contributed by atoms with Crippen molar-refractivity contribution in [3.8, 4) is 0 Å². The highest BCUT2D eigenvalue weighted by Gasteiger charge is 1.79. The Kier molecular flexibility index (Phi) is 9.46. The molecule has 5 heteroatoms. The van der Waals surface area contributed by atoms with Gasteiger partial charge in [0.2, 0.25) is 0 Å². The fourth-order valence-electron chi connectivity index (χ4n) is 0.117. The van der Waals surface area contributed by atoms with Crippen molar-refractivity contribution in [3.63, 3.8) is 0 Å². The van der Waals surface area contributed by atoms with E-state index in [1.54, 1.807) is 0 Å². The van der Waals surface area contributed by atoms with Gasteiger partial charge in [-0.05, 0) is 0 Å². The third-order valence-electron chi connectivity index (χ3n) is 0.249. The maximum Gasteiger partial charge on any atom is 0.361 e. The summed E-state index contributed by atoms with van der Waals surface area (Å²) in [4.78, 5) is 18.6. The zero-order valence-corrected chi connectivity index (χ0v) is 6.30. The van der Waals surface area contributed by atoms with Crippen LogP contribution >= 0.6 is 12.6 Å². The molecule has 0 aliphatic heterocycles. The molecule has 0 atom stereocenters. The number of carboxylic acid groups (broad SMARTS) is 1. The molecule has 0 saturated heterocycles. The maximum absolute atomic E-state index is 9.75. The standard InChI is InChI=1S/C4H6O2.CH2O2S/c1-3-6-4(2)5;2-1(3)4/h3H,1H2,2H3;4H,(H,2,3). The smallest absolute Gasteiger partial charge is 0.361 e. The van der Waals surface area contributed by atoms with E-state index < -0.39 is 5.30 Å². The van der Waals surface area contributed by atoms with Crippen LogP contribution in [-0.4, -0.2) is 16.4 Å². The van der Waals surface area contributed by atoms with Gasteiger partial charge >= 0.3 is 11.3 Å². The summed E-state index contributed by atoms with van der Waals surface area (Å²) < 4.78 is 4.17. The number of carbonyl (C=O) groups is 2. The van der Waals surface area contributed by atoms with E-state index in [1.807, 2.05) is 0 Å². The van der Waals surface area contributed by atoms with Crippen molar-refractivity contribution in [1.82, 2.24) is 0 Å². The molecular formula is C5H8O4S. The van der Waals surface area contributed by atoms with Crippen LogP contribution < -0.4 is 0 Å². The second-order valence-corrected chi connectivity index (χ2v) is 1.44. The molecule has 0 aliphatic rings. The topological polar surface area (TPSA) is 63.6 Å². The Balaban J connectivity index is 0. The van der Waals surface area contributed by atoms with Gasteiger partial charge in [0.1, 0.15) is 0 Å². The van der Waals surface area contributed by atoms with Gasteiger partial charge in [-0.3, -0.25) is 4.79 Å². The Morgan fingerprint density at radius 1 is 1.70 bits per heavy atom. The molecule has 0 amide bonds. The lowest BCUT2D eigenvalue weighted by molar-refractivity contribution is -0.135. The number of carbonyl (C=O) groups excluding carboxylic acids is 1. The van der Waals surface area contributed by atoms with Crippen LogP contribution in [0.15, 0.2) is 12.8 Å². The zero-order valence-electron chi connectivity index (χ0n) is 5.40. The lowest BCUT2D eigenvalue weighted by atomic mass is 10.8. The van der Waals surface area contributed by atoms with E-state index in [9.17, 15) is 4.79 Å². The Bertz CT molecular complexity index is 128. The Morgan fingerprint density at radius 3 is 2.00 bits per heavy atom. The van der Waals surface area contributed by atoms with Crippen molar-refractivity contribution in [2.75, 3.05) is 0 Å². The quantitative estimate of drug-likeness (QED) is 0.348. The van der Waals surface area contributed by atoms with Crippen LogP contribution in [0.2, 0.25) is 0 Å². The van der Waals surface area contributed by atoms with Gasteiger partial charge in [0, 0.05) is 6.92 Å². The van der Waals surface area contributed by atoms with Gasteiger partial charge in [-0.25, -0.2) is 4.79 Å². The number of rotatable bonds is 1. The van der Waals surface area contributed by atoms with Crippen LogP contribution in [0.4, 0.5) is 4.79 Å². The third-order valence-corrected chi connectivity index (χ3v) is 0.249. The third kappa shape index (κ3) is 62.0. The molecule has 0 saturated carbocycles. The SMILES string of the molecule is C=COC(C)=O.O=C(O)S. The van der Waals surface area contributed by atoms with Crippen molar-refractivity contribution in [2.24, 2.45) is 0 Å².